The van der Waals surface area contributed by atoms with Crippen LogP contribution in [-0.4, -0.2) is 19.5 Å². The average molecular weight is 413 g/mol. The van der Waals surface area contributed by atoms with Crippen LogP contribution in [0.25, 0.3) is 0 Å². The van der Waals surface area contributed by atoms with E-state index in [-0.39, 0.29) is 10.8 Å². The molecule has 0 fully saturated rings. The van der Waals surface area contributed by atoms with Gasteiger partial charge >= 0.3 is 0 Å². The number of benzene rings is 2. The molecule has 7 nitrogen and oxygen atoms in total. The van der Waals surface area contributed by atoms with Crippen molar-refractivity contribution in [1.29, 1.82) is 0 Å². The van der Waals surface area contributed by atoms with E-state index in [1.807, 2.05) is 12.1 Å². The topological polar surface area (TPSA) is 101 Å². The van der Waals surface area contributed by atoms with Gasteiger partial charge in [-0.05, 0) is 55.2 Å². The van der Waals surface area contributed by atoms with Gasteiger partial charge in [-0.1, -0.05) is 37.2 Å². The van der Waals surface area contributed by atoms with E-state index in [0.29, 0.717) is 28.6 Å². The van der Waals surface area contributed by atoms with Gasteiger partial charge in [0.1, 0.15) is 11.3 Å². The van der Waals surface area contributed by atoms with E-state index in [9.17, 15) is 13.2 Å². The van der Waals surface area contributed by atoms with Gasteiger partial charge in [-0.2, -0.15) is 0 Å². The number of aromatic nitrogens is 1. The molecule has 1 atom stereocenters. The first kappa shape index (κ1) is 20.6. The highest BCUT2D eigenvalue weighted by Crippen LogP contribution is 2.23. The quantitative estimate of drug-likeness (QED) is 0.592. The van der Waals surface area contributed by atoms with Crippen molar-refractivity contribution >= 4 is 27.3 Å². The van der Waals surface area contributed by atoms with E-state index < -0.39 is 10.0 Å². The Kier molecular flexibility index (Phi) is 6.03. The molecule has 0 saturated heterocycles. The van der Waals surface area contributed by atoms with E-state index in [1.54, 1.807) is 43.3 Å². The van der Waals surface area contributed by atoms with Crippen LogP contribution in [0.3, 0.4) is 0 Å². The van der Waals surface area contributed by atoms with E-state index in [4.69, 9.17) is 4.52 Å². The highest BCUT2D eigenvalue weighted by Gasteiger charge is 2.16. The molecule has 3 rings (SSSR count). The van der Waals surface area contributed by atoms with Crippen LogP contribution in [0.15, 0.2) is 64.1 Å². The van der Waals surface area contributed by atoms with Crippen LogP contribution in [0.5, 0.6) is 0 Å². The minimum atomic E-state index is -3.75. The number of carbonyl (C=O) groups is 1. The SMILES string of the molecule is CCC(C)c1ccc(S(=O)(=O)Nc2cccc(NC(=O)c3cnoc3C)c2)cc1. The summed E-state index contributed by atoms with van der Waals surface area (Å²) in [5.74, 6) is 0.388. The standard InChI is InChI=1S/C21H23N3O4S/c1-4-14(2)16-8-10-19(11-9-16)29(26,27)24-18-7-5-6-17(12-18)23-21(25)20-13-22-28-15(20)3/h5-14,24H,4H2,1-3H3,(H,23,25). The summed E-state index contributed by atoms with van der Waals surface area (Å²) in [6.07, 6.45) is 2.32. The molecule has 1 aromatic heterocycles. The Morgan fingerprint density at radius 2 is 1.83 bits per heavy atom. The number of aryl methyl sites for hydroxylation is 1. The van der Waals surface area contributed by atoms with Crippen LogP contribution in [0, 0.1) is 6.92 Å². The summed E-state index contributed by atoms with van der Waals surface area (Å²) in [7, 11) is -3.75. The van der Waals surface area contributed by atoms with E-state index in [1.165, 1.54) is 6.20 Å². The molecule has 0 aliphatic rings. The van der Waals surface area contributed by atoms with Gasteiger partial charge in [-0.25, -0.2) is 8.42 Å². The van der Waals surface area contributed by atoms with Gasteiger partial charge in [-0.3, -0.25) is 9.52 Å². The molecule has 0 aliphatic heterocycles. The minimum absolute atomic E-state index is 0.180. The molecule has 0 aliphatic carbocycles. The molecule has 1 heterocycles. The second kappa shape index (κ2) is 8.48. The number of sulfonamides is 1. The van der Waals surface area contributed by atoms with Crippen LogP contribution < -0.4 is 10.0 Å². The molecule has 0 spiro atoms. The van der Waals surface area contributed by atoms with Crippen LogP contribution in [0.1, 0.15) is 47.9 Å². The third-order valence-corrected chi connectivity index (χ3v) is 6.14. The van der Waals surface area contributed by atoms with E-state index in [2.05, 4.69) is 29.0 Å². The Hall–Kier alpha value is -3.13. The monoisotopic (exact) mass is 413 g/mol. The number of nitrogens with zero attached hydrogens (tertiary/aromatic N) is 1. The van der Waals surface area contributed by atoms with Crippen molar-refractivity contribution in [3.63, 3.8) is 0 Å². The molecule has 29 heavy (non-hydrogen) atoms. The zero-order valence-corrected chi connectivity index (χ0v) is 17.3. The van der Waals surface area contributed by atoms with E-state index in [0.717, 1.165) is 12.0 Å². The molecule has 0 radical (unpaired) electrons. The molecule has 2 aromatic carbocycles. The summed E-state index contributed by atoms with van der Waals surface area (Å²) < 4.78 is 32.8. The predicted molar refractivity (Wildman–Crippen MR) is 112 cm³/mol. The maximum absolute atomic E-state index is 12.7. The Morgan fingerprint density at radius 1 is 1.14 bits per heavy atom. The lowest BCUT2D eigenvalue weighted by Gasteiger charge is -2.12. The summed E-state index contributed by atoms with van der Waals surface area (Å²) in [4.78, 5) is 12.5. The number of hydrogen-bond acceptors (Lipinski definition) is 5. The number of amides is 1. The van der Waals surface area contributed by atoms with Gasteiger partial charge in [0.2, 0.25) is 0 Å². The van der Waals surface area contributed by atoms with Crippen molar-refractivity contribution in [2.45, 2.75) is 38.0 Å². The van der Waals surface area contributed by atoms with Crippen molar-refractivity contribution in [2.24, 2.45) is 0 Å². The van der Waals surface area contributed by atoms with E-state index >= 15 is 0 Å². The zero-order chi connectivity index (χ0) is 21.0. The Morgan fingerprint density at radius 3 is 2.45 bits per heavy atom. The summed E-state index contributed by atoms with van der Waals surface area (Å²) in [6, 6.07) is 13.4. The highest BCUT2D eigenvalue weighted by molar-refractivity contribution is 7.92. The lowest BCUT2D eigenvalue weighted by Crippen LogP contribution is -2.14. The van der Waals surface area contributed by atoms with Crippen molar-refractivity contribution in [3.8, 4) is 0 Å². The summed E-state index contributed by atoms with van der Waals surface area (Å²) in [6.45, 7) is 5.83. The smallest absolute Gasteiger partial charge is 0.261 e. The summed E-state index contributed by atoms with van der Waals surface area (Å²) in [5, 5.41) is 6.28. The third-order valence-electron chi connectivity index (χ3n) is 4.74. The Balaban J connectivity index is 1.75. The first-order valence-electron chi connectivity index (χ1n) is 9.25. The lowest BCUT2D eigenvalue weighted by atomic mass is 9.99. The normalized spacial score (nSPS) is 12.4. The van der Waals surface area contributed by atoms with Crippen molar-refractivity contribution in [2.75, 3.05) is 10.0 Å². The Labute approximate surface area is 170 Å². The predicted octanol–water partition coefficient (Wildman–Crippen LogP) is 4.55. The highest BCUT2D eigenvalue weighted by atomic mass is 32.2. The molecule has 1 unspecified atom stereocenters. The third kappa shape index (κ3) is 4.83. The zero-order valence-electron chi connectivity index (χ0n) is 16.5. The molecule has 2 N–H and O–H groups in total. The van der Waals surface area contributed by atoms with Gasteiger partial charge in [-0.15, -0.1) is 0 Å². The van der Waals surface area contributed by atoms with Crippen molar-refractivity contribution in [1.82, 2.24) is 5.16 Å². The second-order valence-corrected chi connectivity index (χ2v) is 8.50. The maximum atomic E-state index is 12.7. The fourth-order valence-electron chi connectivity index (χ4n) is 2.80. The van der Waals surface area contributed by atoms with Gasteiger partial charge in [0.05, 0.1) is 16.8 Å². The molecule has 0 saturated carbocycles. The number of anilines is 2. The Bertz CT molecular complexity index is 1100. The molecule has 152 valence electrons. The lowest BCUT2D eigenvalue weighted by molar-refractivity contribution is 0.102. The summed E-state index contributed by atoms with van der Waals surface area (Å²) >= 11 is 0. The van der Waals surface area contributed by atoms with Crippen LogP contribution in [0.2, 0.25) is 0 Å². The van der Waals surface area contributed by atoms with Gasteiger partial charge in [0.15, 0.2) is 0 Å². The fraction of sp³-hybridized carbons (Fsp3) is 0.238. The first-order valence-corrected chi connectivity index (χ1v) is 10.7. The number of hydrogen-bond donors (Lipinski definition) is 2. The van der Waals surface area contributed by atoms with Gasteiger partial charge in [0, 0.05) is 5.69 Å². The molecule has 0 bridgehead atoms. The van der Waals surface area contributed by atoms with Gasteiger partial charge in [0.25, 0.3) is 15.9 Å². The number of carbonyl (C=O) groups excluding carboxylic acids is 1. The first-order chi connectivity index (χ1) is 13.8. The number of rotatable bonds is 7. The van der Waals surface area contributed by atoms with Crippen LogP contribution >= 0.6 is 0 Å². The molecular weight excluding hydrogens is 390 g/mol. The largest absolute Gasteiger partial charge is 0.361 e. The molecular formula is C21H23N3O4S. The number of nitrogens with one attached hydrogen (secondary N) is 2. The van der Waals surface area contributed by atoms with Crippen molar-refractivity contribution < 1.29 is 17.7 Å². The van der Waals surface area contributed by atoms with Crippen LogP contribution in [-0.2, 0) is 10.0 Å². The van der Waals surface area contributed by atoms with Crippen LogP contribution in [0.4, 0.5) is 11.4 Å². The maximum Gasteiger partial charge on any atom is 0.261 e. The van der Waals surface area contributed by atoms with Gasteiger partial charge < -0.3 is 9.84 Å². The minimum Gasteiger partial charge on any atom is -0.361 e. The second-order valence-electron chi connectivity index (χ2n) is 6.81. The molecule has 8 heteroatoms. The molecule has 1 amide bonds. The molecule has 3 aromatic rings. The van der Waals surface area contributed by atoms with Crippen molar-refractivity contribution in [3.05, 3.63) is 71.6 Å². The average Bonchev–Trinajstić information content (AvgIpc) is 3.13. The summed E-state index contributed by atoms with van der Waals surface area (Å²) in [5.41, 5.74) is 2.20. The fourth-order valence-corrected chi connectivity index (χ4v) is 3.85.